The SMILES string of the molecule is CC1CN(C#N)CC1C(=O)Nc1ncc(-c2ccccc2Cl)s1. The van der Waals surface area contributed by atoms with Crippen molar-refractivity contribution < 1.29 is 4.79 Å². The van der Waals surface area contributed by atoms with Crippen LogP contribution in [0.25, 0.3) is 10.4 Å². The van der Waals surface area contributed by atoms with Crippen molar-refractivity contribution in [2.45, 2.75) is 6.92 Å². The fraction of sp³-hybridized carbons (Fsp3) is 0.312. The van der Waals surface area contributed by atoms with Gasteiger partial charge in [0, 0.05) is 29.9 Å². The van der Waals surface area contributed by atoms with Crippen molar-refractivity contribution in [1.82, 2.24) is 9.88 Å². The molecule has 2 heterocycles. The summed E-state index contributed by atoms with van der Waals surface area (Å²) in [6, 6.07) is 7.53. The van der Waals surface area contributed by atoms with E-state index in [1.165, 1.54) is 11.3 Å². The average Bonchev–Trinajstić information content (AvgIpc) is 3.14. The van der Waals surface area contributed by atoms with Crippen molar-refractivity contribution in [2.24, 2.45) is 11.8 Å². The van der Waals surface area contributed by atoms with Crippen LogP contribution in [-0.2, 0) is 4.79 Å². The highest BCUT2D eigenvalue weighted by molar-refractivity contribution is 7.19. The van der Waals surface area contributed by atoms with Crippen LogP contribution in [0.2, 0.25) is 5.02 Å². The maximum atomic E-state index is 12.4. The molecule has 1 aliphatic rings. The minimum absolute atomic E-state index is 0.0877. The van der Waals surface area contributed by atoms with Gasteiger partial charge in [0.1, 0.15) is 0 Å². The lowest BCUT2D eigenvalue weighted by molar-refractivity contribution is -0.120. The van der Waals surface area contributed by atoms with Crippen molar-refractivity contribution in [3.8, 4) is 16.6 Å². The zero-order valence-corrected chi connectivity index (χ0v) is 14.1. The first-order valence-electron chi connectivity index (χ1n) is 7.24. The molecule has 2 atom stereocenters. The number of rotatable bonds is 3. The fourth-order valence-electron chi connectivity index (χ4n) is 2.71. The molecule has 1 aliphatic heterocycles. The monoisotopic (exact) mass is 346 g/mol. The molecule has 1 fully saturated rings. The topological polar surface area (TPSA) is 69.0 Å². The Hall–Kier alpha value is -2.10. The zero-order valence-electron chi connectivity index (χ0n) is 12.5. The van der Waals surface area contributed by atoms with Gasteiger partial charge in [-0.3, -0.25) is 4.79 Å². The highest BCUT2D eigenvalue weighted by Crippen LogP contribution is 2.34. The van der Waals surface area contributed by atoms with Gasteiger partial charge in [-0.1, -0.05) is 48.1 Å². The highest BCUT2D eigenvalue weighted by Gasteiger charge is 2.34. The predicted molar refractivity (Wildman–Crippen MR) is 91.0 cm³/mol. The lowest BCUT2D eigenvalue weighted by atomic mass is 9.97. The Morgan fingerprint density at radius 1 is 1.48 bits per heavy atom. The quantitative estimate of drug-likeness (QED) is 0.864. The first-order valence-corrected chi connectivity index (χ1v) is 8.44. The standard InChI is InChI=1S/C16H15ClN4OS/c1-10-7-21(9-18)8-12(10)15(22)20-16-19-6-14(23-16)11-4-2-3-5-13(11)17/h2-6,10,12H,7-8H2,1H3,(H,19,20,22). The molecule has 1 saturated heterocycles. The lowest BCUT2D eigenvalue weighted by Crippen LogP contribution is -2.27. The molecule has 0 aliphatic carbocycles. The molecule has 1 amide bonds. The number of amides is 1. The van der Waals surface area contributed by atoms with Gasteiger partial charge in [-0.25, -0.2) is 4.98 Å². The van der Waals surface area contributed by atoms with E-state index < -0.39 is 0 Å². The zero-order chi connectivity index (χ0) is 16.4. The average molecular weight is 347 g/mol. The Bertz CT molecular complexity index is 769. The summed E-state index contributed by atoms with van der Waals surface area (Å²) in [6.07, 6.45) is 3.81. The van der Waals surface area contributed by atoms with Crippen LogP contribution in [0.1, 0.15) is 6.92 Å². The van der Waals surface area contributed by atoms with Gasteiger partial charge in [0.25, 0.3) is 0 Å². The Balaban J connectivity index is 1.71. The third-order valence-corrected chi connectivity index (χ3v) is 5.24. The number of thiazole rings is 1. The second-order valence-corrected chi connectivity index (χ2v) is 7.03. The van der Waals surface area contributed by atoms with Gasteiger partial charge in [0.05, 0.1) is 10.8 Å². The lowest BCUT2D eigenvalue weighted by Gasteiger charge is -2.11. The largest absolute Gasteiger partial charge is 0.310 e. The molecule has 0 bridgehead atoms. The number of likely N-dealkylation sites (tertiary alicyclic amines) is 1. The van der Waals surface area contributed by atoms with Gasteiger partial charge in [0.2, 0.25) is 5.91 Å². The number of carbonyl (C=O) groups excluding carboxylic acids is 1. The Labute approximate surface area is 143 Å². The van der Waals surface area contributed by atoms with Crippen molar-refractivity contribution in [1.29, 1.82) is 5.26 Å². The molecule has 118 valence electrons. The van der Waals surface area contributed by atoms with Crippen LogP contribution in [0, 0.1) is 23.3 Å². The molecule has 3 rings (SSSR count). The van der Waals surface area contributed by atoms with E-state index in [0.717, 1.165) is 10.4 Å². The van der Waals surface area contributed by atoms with Gasteiger partial charge < -0.3 is 10.2 Å². The van der Waals surface area contributed by atoms with Gasteiger partial charge in [-0.2, -0.15) is 5.26 Å². The first-order chi connectivity index (χ1) is 11.1. The van der Waals surface area contributed by atoms with Gasteiger partial charge in [-0.15, -0.1) is 0 Å². The van der Waals surface area contributed by atoms with Crippen LogP contribution in [0.15, 0.2) is 30.5 Å². The number of hydrogen-bond acceptors (Lipinski definition) is 5. The normalized spacial score (nSPS) is 20.3. The Morgan fingerprint density at radius 2 is 2.26 bits per heavy atom. The van der Waals surface area contributed by atoms with Crippen molar-refractivity contribution in [3.05, 3.63) is 35.5 Å². The van der Waals surface area contributed by atoms with Crippen molar-refractivity contribution in [3.63, 3.8) is 0 Å². The van der Waals surface area contributed by atoms with Crippen molar-refractivity contribution in [2.75, 3.05) is 18.4 Å². The minimum Gasteiger partial charge on any atom is -0.310 e. The number of hydrogen-bond donors (Lipinski definition) is 1. The summed E-state index contributed by atoms with van der Waals surface area (Å²) < 4.78 is 0. The maximum Gasteiger partial charge on any atom is 0.231 e. The van der Waals surface area contributed by atoms with Gasteiger partial charge in [-0.05, 0) is 12.0 Å². The molecule has 0 spiro atoms. The number of carbonyl (C=O) groups is 1. The smallest absolute Gasteiger partial charge is 0.231 e. The summed E-state index contributed by atoms with van der Waals surface area (Å²) >= 11 is 7.57. The number of aromatic nitrogens is 1. The summed E-state index contributed by atoms with van der Waals surface area (Å²) in [5.41, 5.74) is 0.900. The summed E-state index contributed by atoms with van der Waals surface area (Å²) in [5, 5.41) is 13.0. The number of nitrogens with one attached hydrogen (secondary N) is 1. The highest BCUT2D eigenvalue weighted by atomic mass is 35.5. The molecule has 7 heteroatoms. The van der Waals surface area contributed by atoms with E-state index in [0.29, 0.717) is 23.2 Å². The van der Waals surface area contributed by atoms with E-state index in [-0.39, 0.29) is 17.7 Å². The van der Waals surface area contributed by atoms with E-state index in [9.17, 15) is 4.79 Å². The van der Waals surface area contributed by atoms with Crippen LogP contribution >= 0.6 is 22.9 Å². The van der Waals surface area contributed by atoms with Gasteiger partial charge >= 0.3 is 0 Å². The number of benzene rings is 1. The summed E-state index contributed by atoms with van der Waals surface area (Å²) in [7, 11) is 0. The molecule has 2 unspecified atom stereocenters. The summed E-state index contributed by atoms with van der Waals surface area (Å²) in [5.74, 6) is -0.129. The van der Waals surface area contributed by atoms with Crippen LogP contribution < -0.4 is 5.32 Å². The fourth-order valence-corrected chi connectivity index (χ4v) is 3.86. The first kappa shape index (κ1) is 15.8. The molecule has 0 saturated carbocycles. The van der Waals surface area contributed by atoms with Crippen LogP contribution in [0.4, 0.5) is 5.13 Å². The predicted octanol–water partition coefficient (Wildman–Crippen LogP) is 3.45. The second kappa shape index (κ2) is 6.57. The minimum atomic E-state index is -0.192. The molecule has 1 aromatic carbocycles. The molecule has 2 aromatic rings. The van der Waals surface area contributed by atoms with Crippen LogP contribution in [-0.4, -0.2) is 28.9 Å². The molecule has 0 radical (unpaired) electrons. The maximum absolute atomic E-state index is 12.4. The molecular weight excluding hydrogens is 332 g/mol. The van der Waals surface area contributed by atoms with E-state index >= 15 is 0 Å². The Kier molecular flexibility index (Phi) is 4.51. The number of nitriles is 1. The van der Waals surface area contributed by atoms with E-state index in [4.69, 9.17) is 16.9 Å². The summed E-state index contributed by atoms with van der Waals surface area (Å²) in [6.45, 7) is 3.07. The van der Waals surface area contributed by atoms with E-state index in [1.807, 2.05) is 31.2 Å². The summed E-state index contributed by atoms with van der Waals surface area (Å²) in [4.78, 5) is 19.2. The number of nitrogens with zero attached hydrogens (tertiary/aromatic N) is 3. The van der Waals surface area contributed by atoms with Crippen molar-refractivity contribution >= 4 is 34.0 Å². The third-order valence-electron chi connectivity index (χ3n) is 3.97. The molecule has 5 nitrogen and oxygen atoms in total. The Morgan fingerprint density at radius 3 is 2.96 bits per heavy atom. The molecular formula is C16H15ClN4OS. The number of halogens is 1. The van der Waals surface area contributed by atoms with Gasteiger partial charge in [0.15, 0.2) is 11.3 Å². The van der Waals surface area contributed by atoms with E-state index in [2.05, 4.69) is 16.5 Å². The second-order valence-electron chi connectivity index (χ2n) is 5.59. The molecule has 1 N–H and O–H groups in total. The van der Waals surface area contributed by atoms with Crippen LogP contribution in [0.3, 0.4) is 0 Å². The van der Waals surface area contributed by atoms with E-state index in [1.54, 1.807) is 11.1 Å². The molecule has 1 aromatic heterocycles. The molecule has 23 heavy (non-hydrogen) atoms. The number of anilines is 1. The van der Waals surface area contributed by atoms with Crippen LogP contribution in [0.5, 0.6) is 0 Å². The third kappa shape index (κ3) is 3.31.